The summed E-state index contributed by atoms with van der Waals surface area (Å²) in [4.78, 5) is 23.7. The minimum atomic E-state index is -0.315. The third kappa shape index (κ3) is 3.39. The predicted octanol–water partition coefficient (Wildman–Crippen LogP) is 1.44. The first-order chi connectivity index (χ1) is 11.1. The highest BCUT2D eigenvalue weighted by atomic mass is 16.5. The largest absolute Gasteiger partial charge is 0.506 e. The lowest BCUT2D eigenvalue weighted by Crippen LogP contribution is -2.36. The van der Waals surface area contributed by atoms with Gasteiger partial charge in [-0.25, -0.2) is 0 Å². The average molecular weight is 319 g/mol. The molecule has 1 aromatic carbocycles. The van der Waals surface area contributed by atoms with Gasteiger partial charge in [0.2, 0.25) is 5.91 Å². The maximum absolute atomic E-state index is 12.4. The fourth-order valence-corrected chi connectivity index (χ4v) is 3.17. The van der Waals surface area contributed by atoms with E-state index in [1.165, 1.54) is 6.07 Å². The first-order valence-corrected chi connectivity index (χ1v) is 7.84. The van der Waals surface area contributed by atoms with Gasteiger partial charge in [0.15, 0.2) is 6.61 Å². The Balaban J connectivity index is 1.71. The molecule has 2 amide bonds. The molecule has 124 valence electrons. The van der Waals surface area contributed by atoms with E-state index >= 15 is 0 Å². The number of phenolic OH excluding ortho intramolecular Hbond substituents is 1. The molecule has 0 bridgehead atoms. The van der Waals surface area contributed by atoms with Gasteiger partial charge in [0.1, 0.15) is 17.2 Å². The Morgan fingerprint density at radius 2 is 2.22 bits per heavy atom. The summed E-state index contributed by atoms with van der Waals surface area (Å²) in [6.07, 6.45) is 3.79. The minimum Gasteiger partial charge on any atom is -0.506 e. The molecule has 0 radical (unpaired) electrons. The fraction of sp³-hybridized carbons (Fsp3) is 0.500. The van der Waals surface area contributed by atoms with Gasteiger partial charge in [-0.15, -0.1) is 0 Å². The Labute approximate surface area is 134 Å². The zero-order valence-corrected chi connectivity index (χ0v) is 13.0. The van der Waals surface area contributed by atoms with Crippen LogP contribution in [0.25, 0.3) is 0 Å². The number of ether oxygens (including phenoxy) is 1. The predicted molar refractivity (Wildman–Crippen MR) is 85.7 cm³/mol. The van der Waals surface area contributed by atoms with Crippen molar-refractivity contribution < 1.29 is 19.4 Å². The van der Waals surface area contributed by atoms with Crippen LogP contribution in [0.4, 0.5) is 11.4 Å². The Kier molecular flexibility index (Phi) is 4.38. The van der Waals surface area contributed by atoms with Crippen molar-refractivity contribution >= 4 is 23.2 Å². The van der Waals surface area contributed by atoms with Crippen molar-refractivity contribution in [3.63, 3.8) is 0 Å². The molecule has 3 rings (SSSR count). The molecule has 4 N–H and O–H groups in total. The second-order valence-corrected chi connectivity index (χ2v) is 6.04. The quantitative estimate of drug-likeness (QED) is 0.632. The fourth-order valence-electron chi connectivity index (χ4n) is 3.17. The first-order valence-electron chi connectivity index (χ1n) is 7.84. The van der Waals surface area contributed by atoms with E-state index in [2.05, 4.69) is 16.0 Å². The van der Waals surface area contributed by atoms with Crippen molar-refractivity contribution in [3.8, 4) is 11.5 Å². The van der Waals surface area contributed by atoms with Crippen molar-refractivity contribution in [2.45, 2.75) is 31.7 Å². The van der Waals surface area contributed by atoms with Crippen LogP contribution in [0.15, 0.2) is 12.1 Å². The van der Waals surface area contributed by atoms with Gasteiger partial charge in [0.25, 0.3) is 5.91 Å². The van der Waals surface area contributed by atoms with Gasteiger partial charge in [-0.1, -0.05) is 6.42 Å². The Hall–Kier alpha value is -2.28. The normalized spacial score (nSPS) is 23.4. The molecular formula is C16H21N3O4. The second-order valence-electron chi connectivity index (χ2n) is 6.04. The van der Waals surface area contributed by atoms with Crippen molar-refractivity contribution in [3.05, 3.63) is 12.1 Å². The molecule has 2 unspecified atom stereocenters. The van der Waals surface area contributed by atoms with Gasteiger partial charge in [-0.05, 0) is 26.3 Å². The lowest BCUT2D eigenvalue weighted by Gasteiger charge is -2.28. The van der Waals surface area contributed by atoms with E-state index in [0.29, 0.717) is 17.5 Å². The Morgan fingerprint density at radius 3 is 3.00 bits per heavy atom. The number of hydrogen-bond acceptors (Lipinski definition) is 5. The van der Waals surface area contributed by atoms with E-state index in [0.717, 1.165) is 25.7 Å². The highest BCUT2D eigenvalue weighted by molar-refractivity contribution is 5.99. The summed E-state index contributed by atoms with van der Waals surface area (Å²) in [5.41, 5.74) is 0.709. The van der Waals surface area contributed by atoms with Gasteiger partial charge >= 0.3 is 0 Å². The van der Waals surface area contributed by atoms with Gasteiger partial charge in [0, 0.05) is 29.8 Å². The molecule has 1 aliphatic heterocycles. The molecule has 2 aliphatic rings. The molecule has 1 fully saturated rings. The van der Waals surface area contributed by atoms with Crippen molar-refractivity contribution in [2.24, 2.45) is 5.92 Å². The Morgan fingerprint density at radius 1 is 1.39 bits per heavy atom. The molecule has 1 saturated carbocycles. The van der Waals surface area contributed by atoms with E-state index in [4.69, 9.17) is 4.74 Å². The summed E-state index contributed by atoms with van der Waals surface area (Å²) in [7, 11) is 1.91. The molecule has 1 heterocycles. The number of nitrogens with one attached hydrogen (secondary N) is 3. The number of phenols is 1. The highest BCUT2D eigenvalue weighted by Gasteiger charge is 2.27. The SMILES string of the molecule is CNC1CCCC(C(=O)Nc2cc(O)c3c(c2)OCC(=O)N3)C1. The smallest absolute Gasteiger partial charge is 0.262 e. The summed E-state index contributed by atoms with van der Waals surface area (Å²) < 4.78 is 5.29. The number of aromatic hydroxyl groups is 1. The van der Waals surface area contributed by atoms with Crippen molar-refractivity contribution in [1.82, 2.24) is 5.32 Å². The molecular weight excluding hydrogens is 298 g/mol. The van der Waals surface area contributed by atoms with E-state index in [1.807, 2.05) is 7.05 Å². The lowest BCUT2D eigenvalue weighted by atomic mass is 9.85. The molecule has 7 nitrogen and oxygen atoms in total. The first kappa shape index (κ1) is 15.6. The summed E-state index contributed by atoms with van der Waals surface area (Å²) >= 11 is 0. The topological polar surface area (TPSA) is 99.7 Å². The van der Waals surface area contributed by atoms with Crippen molar-refractivity contribution in [1.29, 1.82) is 0 Å². The van der Waals surface area contributed by atoms with Gasteiger partial charge < -0.3 is 25.8 Å². The monoisotopic (exact) mass is 319 g/mol. The van der Waals surface area contributed by atoms with Crippen LogP contribution in [0.5, 0.6) is 11.5 Å². The standard InChI is InChI=1S/C16H21N3O4/c1-17-10-4-2-3-9(5-10)16(22)18-11-6-12(20)15-13(7-11)23-8-14(21)19-15/h6-7,9-10,17,20H,2-5,8H2,1H3,(H,18,22)(H,19,21). The third-order valence-electron chi connectivity index (χ3n) is 4.43. The van der Waals surface area contributed by atoms with E-state index < -0.39 is 0 Å². The molecule has 7 heteroatoms. The Bertz CT molecular complexity index is 632. The molecule has 23 heavy (non-hydrogen) atoms. The highest BCUT2D eigenvalue weighted by Crippen LogP contribution is 2.39. The van der Waals surface area contributed by atoms with Crippen LogP contribution in [0.2, 0.25) is 0 Å². The number of carbonyl (C=O) groups is 2. The number of amides is 2. The zero-order chi connectivity index (χ0) is 16.4. The van der Waals surface area contributed by atoms with Gasteiger partial charge in [-0.3, -0.25) is 9.59 Å². The second kappa shape index (κ2) is 6.45. The molecule has 1 aliphatic carbocycles. The van der Waals surface area contributed by atoms with Crippen molar-refractivity contribution in [2.75, 3.05) is 24.3 Å². The van der Waals surface area contributed by atoms with E-state index in [9.17, 15) is 14.7 Å². The number of hydrogen-bond donors (Lipinski definition) is 4. The van der Waals surface area contributed by atoms with E-state index in [-0.39, 0.29) is 35.8 Å². The summed E-state index contributed by atoms with van der Waals surface area (Å²) in [6.45, 7) is -0.101. The minimum absolute atomic E-state index is 0.0417. The summed E-state index contributed by atoms with van der Waals surface area (Å²) in [5, 5.41) is 18.6. The summed E-state index contributed by atoms with van der Waals surface area (Å²) in [6, 6.07) is 3.41. The zero-order valence-electron chi connectivity index (χ0n) is 13.0. The maximum atomic E-state index is 12.4. The van der Waals surface area contributed by atoms with Gasteiger partial charge in [-0.2, -0.15) is 0 Å². The van der Waals surface area contributed by atoms with Crippen LogP contribution in [0.1, 0.15) is 25.7 Å². The van der Waals surface area contributed by atoms with E-state index in [1.54, 1.807) is 6.07 Å². The number of benzene rings is 1. The lowest BCUT2D eigenvalue weighted by molar-refractivity contribution is -0.121. The van der Waals surface area contributed by atoms with Crippen LogP contribution in [-0.2, 0) is 9.59 Å². The summed E-state index contributed by atoms with van der Waals surface area (Å²) in [5.74, 6) is -0.173. The van der Waals surface area contributed by atoms with Crippen LogP contribution in [0, 0.1) is 5.92 Å². The molecule has 1 aromatic rings. The molecule has 0 spiro atoms. The number of rotatable bonds is 3. The number of fused-ring (bicyclic) bond motifs is 1. The van der Waals surface area contributed by atoms with Crippen LogP contribution in [-0.4, -0.2) is 36.6 Å². The molecule has 2 atom stereocenters. The van der Waals surface area contributed by atoms with Crippen LogP contribution >= 0.6 is 0 Å². The third-order valence-corrected chi connectivity index (χ3v) is 4.43. The maximum Gasteiger partial charge on any atom is 0.262 e. The average Bonchev–Trinajstić information content (AvgIpc) is 2.55. The van der Waals surface area contributed by atoms with Crippen LogP contribution < -0.4 is 20.7 Å². The number of anilines is 2. The molecule has 0 saturated heterocycles. The molecule has 0 aromatic heterocycles. The van der Waals surface area contributed by atoms with Gasteiger partial charge in [0.05, 0.1) is 0 Å². The number of carbonyl (C=O) groups excluding carboxylic acids is 2. The van der Waals surface area contributed by atoms with Crippen LogP contribution in [0.3, 0.4) is 0 Å².